The van der Waals surface area contributed by atoms with E-state index in [0.29, 0.717) is 18.1 Å². The number of amides is 1. The Labute approximate surface area is 78.8 Å². The molecule has 0 bridgehead atoms. The largest absolute Gasteiger partial charge is 0.450 e. The second kappa shape index (κ2) is 3.20. The monoisotopic (exact) mass is 183 g/mol. The van der Waals surface area contributed by atoms with Crippen LogP contribution >= 0.6 is 0 Å². The van der Waals surface area contributed by atoms with Gasteiger partial charge in [-0.1, -0.05) is 6.42 Å². The Morgan fingerprint density at radius 2 is 2.23 bits per heavy atom. The van der Waals surface area contributed by atoms with Crippen LogP contribution in [0.3, 0.4) is 0 Å². The van der Waals surface area contributed by atoms with Gasteiger partial charge in [-0.25, -0.2) is 4.79 Å². The van der Waals surface area contributed by atoms with Crippen molar-refractivity contribution in [1.82, 2.24) is 5.32 Å². The van der Waals surface area contributed by atoms with E-state index in [1.165, 1.54) is 32.1 Å². The molecular weight excluding hydrogens is 166 g/mol. The van der Waals surface area contributed by atoms with Crippen molar-refractivity contribution < 1.29 is 9.53 Å². The fraction of sp³-hybridized carbons (Fsp3) is 0.900. The van der Waals surface area contributed by atoms with Crippen LogP contribution in [-0.2, 0) is 4.74 Å². The molecule has 0 radical (unpaired) electrons. The van der Waals surface area contributed by atoms with Crippen LogP contribution in [0.1, 0.15) is 39.0 Å². The van der Waals surface area contributed by atoms with Crippen molar-refractivity contribution in [3.63, 3.8) is 0 Å². The second-order valence-electron chi connectivity index (χ2n) is 4.32. The maximum Gasteiger partial charge on any atom is 0.407 e. The molecule has 3 heteroatoms. The average Bonchev–Trinajstić information content (AvgIpc) is 1.92. The van der Waals surface area contributed by atoms with Gasteiger partial charge in [-0.2, -0.15) is 0 Å². The minimum Gasteiger partial charge on any atom is -0.450 e. The summed E-state index contributed by atoms with van der Waals surface area (Å²) in [7, 11) is 0. The molecule has 0 heterocycles. The molecule has 2 aliphatic carbocycles. The fourth-order valence-electron chi connectivity index (χ4n) is 2.51. The molecule has 0 unspecified atom stereocenters. The van der Waals surface area contributed by atoms with Gasteiger partial charge >= 0.3 is 6.09 Å². The third kappa shape index (κ3) is 1.64. The molecule has 1 N–H and O–H groups in total. The first-order chi connectivity index (χ1) is 6.24. The van der Waals surface area contributed by atoms with E-state index < -0.39 is 0 Å². The lowest BCUT2D eigenvalue weighted by Crippen LogP contribution is -2.53. The quantitative estimate of drug-likeness (QED) is 0.711. The topological polar surface area (TPSA) is 38.3 Å². The van der Waals surface area contributed by atoms with E-state index in [2.05, 4.69) is 5.32 Å². The van der Waals surface area contributed by atoms with Crippen molar-refractivity contribution in [2.75, 3.05) is 6.61 Å². The molecule has 2 fully saturated rings. The molecule has 2 aliphatic rings. The maximum absolute atomic E-state index is 11.0. The third-order valence-electron chi connectivity index (χ3n) is 3.37. The van der Waals surface area contributed by atoms with E-state index in [-0.39, 0.29) is 6.09 Å². The number of rotatable bonds is 2. The van der Waals surface area contributed by atoms with Gasteiger partial charge in [-0.3, -0.25) is 0 Å². The van der Waals surface area contributed by atoms with Crippen molar-refractivity contribution in [3.05, 3.63) is 0 Å². The van der Waals surface area contributed by atoms with E-state index in [0.717, 1.165) is 0 Å². The predicted molar refractivity (Wildman–Crippen MR) is 49.5 cm³/mol. The van der Waals surface area contributed by atoms with E-state index in [9.17, 15) is 4.79 Å². The number of carbonyl (C=O) groups is 1. The summed E-state index contributed by atoms with van der Waals surface area (Å²) in [6.07, 6.45) is 6.22. The van der Waals surface area contributed by atoms with E-state index >= 15 is 0 Å². The Hall–Kier alpha value is -0.730. The van der Waals surface area contributed by atoms with Crippen LogP contribution in [0, 0.1) is 5.41 Å². The van der Waals surface area contributed by atoms with Gasteiger partial charge in [0.25, 0.3) is 0 Å². The Bertz CT molecular complexity index is 203. The highest BCUT2D eigenvalue weighted by Gasteiger charge is 2.48. The number of nitrogens with one attached hydrogen (secondary N) is 1. The number of ether oxygens (including phenoxy) is 1. The van der Waals surface area contributed by atoms with Crippen molar-refractivity contribution in [2.24, 2.45) is 5.41 Å². The molecule has 0 aromatic heterocycles. The molecule has 74 valence electrons. The Kier molecular flexibility index (Phi) is 2.18. The lowest BCUT2D eigenvalue weighted by Gasteiger charge is -2.54. The average molecular weight is 183 g/mol. The third-order valence-corrected chi connectivity index (χ3v) is 3.37. The zero-order valence-corrected chi connectivity index (χ0v) is 8.14. The summed E-state index contributed by atoms with van der Waals surface area (Å²) in [4.78, 5) is 11.0. The summed E-state index contributed by atoms with van der Waals surface area (Å²) in [6.45, 7) is 2.29. The molecule has 0 aromatic rings. The van der Waals surface area contributed by atoms with Crippen LogP contribution < -0.4 is 5.32 Å². The van der Waals surface area contributed by atoms with Crippen molar-refractivity contribution in [1.29, 1.82) is 0 Å². The smallest absolute Gasteiger partial charge is 0.407 e. The molecule has 0 aliphatic heterocycles. The lowest BCUT2D eigenvalue weighted by molar-refractivity contribution is -0.00199. The van der Waals surface area contributed by atoms with E-state index in [4.69, 9.17) is 4.74 Å². The van der Waals surface area contributed by atoms with Crippen LogP contribution in [-0.4, -0.2) is 18.7 Å². The van der Waals surface area contributed by atoms with Crippen LogP contribution in [0.4, 0.5) is 4.79 Å². The van der Waals surface area contributed by atoms with Gasteiger partial charge < -0.3 is 10.1 Å². The van der Waals surface area contributed by atoms with Crippen molar-refractivity contribution in [3.8, 4) is 0 Å². The zero-order chi connectivity index (χ0) is 9.31. The van der Waals surface area contributed by atoms with Gasteiger partial charge in [0.2, 0.25) is 0 Å². The minimum atomic E-state index is -0.248. The summed E-state index contributed by atoms with van der Waals surface area (Å²) < 4.78 is 4.82. The molecule has 0 atom stereocenters. The van der Waals surface area contributed by atoms with Gasteiger partial charge in [0, 0.05) is 6.04 Å². The zero-order valence-electron chi connectivity index (χ0n) is 8.14. The van der Waals surface area contributed by atoms with Crippen LogP contribution in [0.5, 0.6) is 0 Å². The maximum atomic E-state index is 11.0. The summed E-state index contributed by atoms with van der Waals surface area (Å²) in [5, 5.41) is 2.88. The predicted octanol–water partition coefficient (Wildman–Crippen LogP) is 2.07. The fourth-order valence-corrected chi connectivity index (χ4v) is 2.51. The SMILES string of the molecule is CCOC(=O)NC1CC2(CCC2)C1. The van der Waals surface area contributed by atoms with Crippen LogP contribution in [0.15, 0.2) is 0 Å². The van der Waals surface area contributed by atoms with Gasteiger partial charge in [0.05, 0.1) is 6.61 Å². The van der Waals surface area contributed by atoms with Crippen molar-refractivity contribution >= 4 is 6.09 Å². The Balaban J connectivity index is 1.66. The summed E-state index contributed by atoms with van der Waals surface area (Å²) in [5.41, 5.74) is 0.629. The molecule has 2 saturated carbocycles. The molecule has 0 aromatic carbocycles. The number of hydrogen-bond acceptors (Lipinski definition) is 2. The highest BCUT2D eigenvalue weighted by molar-refractivity contribution is 5.67. The molecule has 1 amide bonds. The first kappa shape index (κ1) is 8.85. The molecule has 3 nitrogen and oxygen atoms in total. The number of hydrogen-bond donors (Lipinski definition) is 1. The molecular formula is C10H17NO2. The molecule has 1 spiro atoms. The van der Waals surface area contributed by atoms with Gasteiger partial charge in [0.1, 0.15) is 0 Å². The molecule has 0 saturated heterocycles. The number of carbonyl (C=O) groups excluding carboxylic acids is 1. The molecule has 13 heavy (non-hydrogen) atoms. The lowest BCUT2D eigenvalue weighted by atomic mass is 9.54. The van der Waals surface area contributed by atoms with Crippen LogP contribution in [0.25, 0.3) is 0 Å². The summed E-state index contributed by atoms with van der Waals surface area (Å²) in [5.74, 6) is 0. The van der Waals surface area contributed by atoms with Gasteiger partial charge in [-0.15, -0.1) is 0 Å². The Morgan fingerprint density at radius 1 is 1.54 bits per heavy atom. The standard InChI is InChI=1S/C10H17NO2/c1-2-13-9(12)11-8-6-10(7-8)4-3-5-10/h8H,2-7H2,1H3,(H,11,12). The highest BCUT2D eigenvalue weighted by atomic mass is 16.5. The summed E-state index contributed by atoms with van der Waals surface area (Å²) in [6, 6.07) is 0.388. The normalized spacial score (nSPS) is 24.7. The van der Waals surface area contributed by atoms with E-state index in [1.54, 1.807) is 0 Å². The molecule has 2 rings (SSSR count). The second-order valence-corrected chi connectivity index (χ2v) is 4.32. The first-order valence-electron chi connectivity index (χ1n) is 5.17. The van der Waals surface area contributed by atoms with Crippen LogP contribution in [0.2, 0.25) is 0 Å². The minimum absolute atomic E-state index is 0.248. The highest BCUT2D eigenvalue weighted by Crippen LogP contribution is 2.55. The van der Waals surface area contributed by atoms with E-state index in [1.807, 2.05) is 6.92 Å². The van der Waals surface area contributed by atoms with Gasteiger partial charge in [0.15, 0.2) is 0 Å². The summed E-state index contributed by atoms with van der Waals surface area (Å²) >= 11 is 0. The Morgan fingerprint density at radius 3 is 2.69 bits per heavy atom. The van der Waals surface area contributed by atoms with Crippen molar-refractivity contribution in [2.45, 2.75) is 45.1 Å². The van der Waals surface area contributed by atoms with Gasteiger partial charge in [-0.05, 0) is 38.0 Å². The number of alkyl carbamates (subject to hydrolysis) is 1. The first-order valence-corrected chi connectivity index (χ1v) is 5.17.